The molecule has 4 unspecified atom stereocenters. The van der Waals surface area contributed by atoms with Crippen LogP contribution in [-0.4, -0.2) is 17.3 Å². The Morgan fingerprint density at radius 3 is 2.69 bits per heavy atom. The molecule has 2 aliphatic rings. The van der Waals surface area contributed by atoms with Gasteiger partial charge < -0.3 is 10.8 Å². The fraction of sp³-hybridized carbons (Fsp3) is 0.818. The second-order valence-electron chi connectivity index (χ2n) is 5.06. The fourth-order valence-corrected chi connectivity index (χ4v) is 2.79. The van der Waals surface area contributed by atoms with Crippen molar-refractivity contribution in [2.45, 2.75) is 31.7 Å². The molecule has 0 aromatic rings. The molecule has 2 nitrogen and oxygen atoms in total. The predicted octanol–water partition coefficient (Wildman–Crippen LogP) is 1.30. The first kappa shape index (κ1) is 9.22. The average Bonchev–Trinajstić information content (AvgIpc) is 2.64. The molecule has 1 fully saturated rings. The monoisotopic (exact) mass is 181 g/mol. The van der Waals surface area contributed by atoms with Crippen LogP contribution >= 0.6 is 0 Å². The summed E-state index contributed by atoms with van der Waals surface area (Å²) in [5, 5.41) is 9.08. The molecule has 0 radical (unpaired) electrons. The molecule has 0 aromatic carbocycles. The van der Waals surface area contributed by atoms with Crippen molar-refractivity contribution < 1.29 is 5.11 Å². The van der Waals surface area contributed by atoms with E-state index in [1.807, 2.05) is 6.92 Å². The maximum atomic E-state index is 9.08. The number of aliphatic hydroxyl groups is 1. The lowest BCUT2D eigenvalue weighted by Gasteiger charge is -2.28. The van der Waals surface area contributed by atoms with Gasteiger partial charge in [-0.05, 0) is 43.9 Å². The summed E-state index contributed by atoms with van der Waals surface area (Å²) in [6.45, 7) is 2.05. The highest BCUT2D eigenvalue weighted by Crippen LogP contribution is 2.46. The number of fused-ring (bicyclic) bond motifs is 2. The predicted molar refractivity (Wildman–Crippen MR) is 53.1 cm³/mol. The number of nitrogens with two attached hydrogens (primary N) is 1. The van der Waals surface area contributed by atoms with Crippen molar-refractivity contribution >= 4 is 0 Å². The van der Waals surface area contributed by atoms with Crippen LogP contribution in [0.5, 0.6) is 0 Å². The highest BCUT2D eigenvalue weighted by molar-refractivity contribution is 5.11. The van der Waals surface area contributed by atoms with Gasteiger partial charge >= 0.3 is 0 Å². The van der Waals surface area contributed by atoms with Crippen molar-refractivity contribution in [2.75, 3.05) is 6.61 Å². The Kier molecular flexibility index (Phi) is 2.20. The molecule has 2 bridgehead atoms. The molecule has 0 aliphatic heterocycles. The molecule has 2 aliphatic carbocycles. The van der Waals surface area contributed by atoms with Gasteiger partial charge in [0.05, 0.1) is 6.61 Å². The normalized spacial score (nSPS) is 41.0. The van der Waals surface area contributed by atoms with Crippen molar-refractivity contribution in [1.82, 2.24) is 0 Å². The molecule has 2 heteroatoms. The van der Waals surface area contributed by atoms with Gasteiger partial charge in [0.25, 0.3) is 0 Å². The van der Waals surface area contributed by atoms with Gasteiger partial charge in [-0.1, -0.05) is 12.2 Å². The number of allylic oxidation sites excluding steroid dienone is 2. The van der Waals surface area contributed by atoms with Crippen LogP contribution in [-0.2, 0) is 0 Å². The average molecular weight is 181 g/mol. The van der Waals surface area contributed by atoms with E-state index in [1.54, 1.807) is 0 Å². The summed E-state index contributed by atoms with van der Waals surface area (Å²) in [6, 6.07) is 0. The number of hydrogen-bond donors (Lipinski definition) is 2. The van der Waals surface area contributed by atoms with E-state index in [2.05, 4.69) is 12.2 Å². The maximum absolute atomic E-state index is 9.08. The molecular formula is C11H19NO. The van der Waals surface area contributed by atoms with Crippen LogP contribution in [0.2, 0.25) is 0 Å². The Morgan fingerprint density at radius 1 is 1.46 bits per heavy atom. The molecular weight excluding hydrogens is 162 g/mol. The summed E-state index contributed by atoms with van der Waals surface area (Å²) in [5.41, 5.74) is 5.58. The molecule has 2 rings (SSSR count). The van der Waals surface area contributed by atoms with Crippen molar-refractivity contribution in [3.8, 4) is 0 Å². The van der Waals surface area contributed by atoms with E-state index >= 15 is 0 Å². The minimum absolute atomic E-state index is 0.102. The highest BCUT2D eigenvalue weighted by Gasteiger charge is 2.38. The van der Waals surface area contributed by atoms with Crippen LogP contribution in [0.3, 0.4) is 0 Å². The summed E-state index contributed by atoms with van der Waals surface area (Å²) >= 11 is 0. The summed E-state index contributed by atoms with van der Waals surface area (Å²) < 4.78 is 0. The van der Waals surface area contributed by atoms with Gasteiger partial charge in [0.2, 0.25) is 0 Å². The molecule has 0 heterocycles. The maximum Gasteiger partial charge on any atom is 0.0608 e. The third kappa shape index (κ3) is 1.79. The largest absolute Gasteiger partial charge is 0.394 e. The molecule has 0 amide bonds. The highest BCUT2D eigenvalue weighted by atomic mass is 16.3. The second-order valence-corrected chi connectivity index (χ2v) is 5.06. The third-order valence-electron chi connectivity index (χ3n) is 3.51. The van der Waals surface area contributed by atoms with Gasteiger partial charge in [0.1, 0.15) is 0 Å². The van der Waals surface area contributed by atoms with Crippen LogP contribution in [0.15, 0.2) is 12.2 Å². The van der Waals surface area contributed by atoms with Gasteiger partial charge in [-0.25, -0.2) is 0 Å². The standard InChI is InChI=1S/C11H19NO/c1-11(12,7-13)6-10-5-8-2-3-9(10)4-8/h2-3,8-10,13H,4-7,12H2,1H3. The van der Waals surface area contributed by atoms with E-state index in [0.717, 1.165) is 24.2 Å². The second kappa shape index (κ2) is 3.10. The molecule has 0 saturated heterocycles. The van der Waals surface area contributed by atoms with Gasteiger partial charge in [-0.15, -0.1) is 0 Å². The smallest absolute Gasteiger partial charge is 0.0608 e. The van der Waals surface area contributed by atoms with E-state index in [9.17, 15) is 0 Å². The van der Waals surface area contributed by atoms with Crippen LogP contribution in [0.25, 0.3) is 0 Å². The van der Waals surface area contributed by atoms with Crippen LogP contribution in [0.4, 0.5) is 0 Å². The van der Waals surface area contributed by atoms with Crippen LogP contribution < -0.4 is 5.73 Å². The van der Waals surface area contributed by atoms with Gasteiger partial charge in [0.15, 0.2) is 0 Å². The zero-order chi connectivity index (χ0) is 9.47. The molecule has 3 N–H and O–H groups in total. The van der Waals surface area contributed by atoms with Crippen molar-refractivity contribution in [1.29, 1.82) is 0 Å². The molecule has 4 atom stereocenters. The first-order chi connectivity index (χ1) is 6.11. The van der Waals surface area contributed by atoms with Crippen molar-refractivity contribution in [3.05, 3.63) is 12.2 Å². The zero-order valence-corrected chi connectivity index (χ0v) is 8.24. The molecule has 1 saturated carbocycles. The Labute approximate surface area is 79.8 Å². The van der Waals surface area contributed by atoms with Crippen LogP contribution in [0.1, 0.15) is 26.2 Å². The minimum atomic E-state index is -0.372. The number of hydrogen-bond acceptors (Lipinski definition) is 2. The van der Waals surface area contributed by atoms with Gasteiger partial charge in [-0.2, -0.15) is 0 Å². The quantitative estimate of drug-likeness (QED) is 0.645. The van der Waals surface area contributed by atoms with Gasteiger partial charge in [-0.3, -0.25) is 0 Å². The summed E-state index contributed by atoms with van der Waals surface area (Å²) in [6.07, 6.45) is 8.26. The summed E-state index contributed by atoms with van der Waals surface area (Å²) in [7, 11) is 0. The first-order valence-electron chi connectivity index (χ1n) is 5.19. The number of aliphatic hydroxyl groups excluding tert-OH is 1. The zero-order valence-electron chi connectivity index (χ0n) is 8.24. The van der Waals surface area contributed by atoms with E-state index in [1.165, 1.54) is 12.8 Å². The van der Waals surface area contributed by atoms with Crippen molar-refractivity contribution in [3.63, 3.8) is 0 Å². The van der Waals surface area contributed by atoms with E-state index in [0.29, 0.717) is 0 Å². The topological polar surface area (TPSA) is 46.2 Å². The Balaban J connectivity index is 1.94. The Bertz CT molecular complexity index is 222. The van der Waals surface area contributed by atoms with E-state index in [-0.39, 0.29) is 12.1 Å². The summed E-state index contributed by atoms with van der Waals surface area (Å²) in [4.78, 5) is 0. The molecule has 74 valence electrons. The molecule has 0 aromatic heterocycles. The summed E-state index contributed by atoms with van der Waals surface area (Å²) in [5.74, 6) is 2.28. The lowest BCUT2D eigenvalue weighted by atomic mass is 9.82. The Morgan fingerprint density at radius 2 is 2.23 bits per heavy atom. The molecule has 13 heavy (non-hydrogen) atoms. The molecule has 0 spiro atoms. The van der Waals surface area contributed by atoms with Crippen molar-refractivity contribution in [2.24, 2.45) is 23.5 Å². The fourth-order valence-electron chi connectivity index (χ4n) is 2.79. The van der Waals surface area contributed by atoms with E-state index < -0.39 is 0 Å². The van der Waals surface area contributed by atoms with E-state index in [4.69, 9.17) is 10.8 Å². The SMILES string of the molecule is CC(N)(CO)CC1CC2C=CC1C2. The number of rotatable bonds is 3. The lowest BCUT2D eigenvalue weighted by Crippen LogP contribution is -2.42. The third-order valence-corrected chi connectivity index (χ3v) is 3.51. The first-order valence-corrected chi connectivity index (χ1v) is 5.19. The lowest BCUT2D eigenvalue weighted by molar-refractivity contribution is 0.174. The van der Waals surface area contributed by atoms with Gasteiger partial charge in [0, 0.05) is 5.54 Å². The Hall–Kier alpha value is -0.340. The minimum Gasteiger partial charge on any atom is -0.394 e. The van der Waals surface area contributed by atoms with Crippen LogP contribution in [0, 0.1) is 17.8 Å².